The zero-order valence-electron chi connectivity index (χ0n) is 8.56. The predicted octanol–water partition coefficient (Wildman–Crippen LogP) is 1.77. The standard InChI is InChI=1S/C11H12O4/c1-7(2)15-11(14)8-3-4-10(13)9(5-8)6-12/h3-7,13H,1-2H3. The third kappa shape index (κ3) is 2.80. The highest BCUT2D eigenvalue weighted by atomic mass is 16.5. The van der Waals surface area contributed by atoms with Gasteiger partial charge in [0, 0.05) is 0 Å². The molecule has 4 heteroatoms. The third-order valence-electron chi connectivity index (χ3n) is 1.73. The van der Waals surface area contributed by atoms with Crippen LogP contribution in [0.2, 0.25) is 0 Å². The fourth-order valence-electron chi connectivity index (χ4n) is 1.06. The smallest absolute Gasteiger partial charge is 0.338 e. The maximum absolute atomic E-state index is 11.4. The van der Waals surface area contributed by atoms with Gasteiger partial charge in [-0.15, -0.1) is 0 Å². The van der Waals surface area contributed by atoms with Crippen molar-refractivity contribution in [2.24, 2.45) is 0 Å². The van der Waals surface area contributed by atoms with E-state index in [4.69, 9.17) is 4.74 Å². The summed E-state index contributed by atoms with van der Waals surface area (Å²) in [4.78, 5) is 21.9. The number of phenolic OH excluding ortho intramolecular Hbond substituents is 1. The molecule has 0 amide bonds. The lowest BCUT2D eigenvalue weighted by atomic mass is 10.1. The summed E-state index contributed by atoms with van der Waals surface area (Å²) in [6.45, 7) is 3.47. The molecule has 80 valence electrons. The summed E-state index contributed by atoms with van der Waals surface area (Å²) in [5.41, 5.74) is 0.330. The second-order valence-electron chi connectivity index (χ2n) is 3.35. The van der Waals surface area contributed by atoms with E-state index in [9.17, 15) is 14.7 Å². The molecule has 0 aromatic heterocycles. The monoisotopic (exact) mass is 208 g/mol. The molecule has 0 aliphatic heterocycles. The molecule has 1 N–H and O–H groups in total. The van der Waals surface area contributed by atoms with Gasteiger partial charge in [-0.3, -0.25) is 4.79 Å². The zero-order valence-corrected chi connectivity index (χ0v) is 8.56. The van der Waals surface area contributed by atoms with Crippen molar-refractivity contribution in [1.29, 1.82) is 0 Å². The van der Waals surface area contributed by atoms with Crippen LogP contribution in [-0.2, 0) is 4.74 Å². The summed E-state index contributed by atoms with van der Waals surface area (Å²) in [6.07, 6.45) is 0.271. The van der Waals surface area contributed by atoms with E-state index in [1.54, 1.807) is 13.8 Å². The maximum Gasteiger partial charge on any atom is 0.338 e. The number of aldehydes is 1. The van der Waals surface area contributed by atoms with Crippen molar-refractivity contribution >= 4 is 12.3 Å². The van der Waals surface area contributed by atoms with Crippen molar-refractivity contribution in [1.82, 2.24) is 0 Å². The summed E-state index contributed by atoms with van der Waals surface area (Å²) in [6, 6.07) is 4.00. The van der Waals surface area contributed by atoms with Gasteiger partial charge < -0.3 is 9.84 Å². The topological polar surface area (TPSA) is 63.6 Å². The molecule has 0 bridgehead atoms. The zero-order chi connectivity index (χ0) is 11.4. The Bertz CT molecular complexity index is 382. The molecule has 0 unspecified atom stereocenters. The van der Waals surface area contributed by atoms with E-state index in [1.807, 2.05) is 0 Å². The normalized spacial score (nSPS) is 10.1. The van der Waals surface area contributed by atoms with Crippen LogP contribution in [0.5, 0.6) is 5.75 Å². The SMILES string of the molecule is CC(C)OC(=O)c1ccc(O)c(C=O)c1. The molecular formula is C11H12O4. The molecule has 0 spiro atoms. The first-order valence-electron chi connectivity index (χ1n) is 4.53. The van der Waals surface area contributed by atoms with Gasteiger partial charge in [-0.2, -0.15) is 0 Å². The summed E-state index contributed by atoms with van der Waals surface area (Å²) < 4.78 is 4.94. The Hall–Kier alpha value is -1.84. The van der Waals surface area contributed by atoms with Gasteiger partial charge in [0.15, 0.2) is 6.29 Å². The second kappa shape index (κ2) is 4.59. The van der Waals surface area contributed by atoms with Gasteiger partial charge >= 0.3 is 5.97 Å². The molecule has 4 nitrogen and oxygen atoms in total. The van der Waals surface area contributed by atoms with Crippen LogP contribution in [0.15, 0.2) is 18.2 Å². The predicted molar refractivity (Wildman–Crippen MR) is 54.0 cm³/mol. The second-order valence-corrected chi connectivity index (χ2v) is 3.35. The number of phenols is 1. The number of hydrogen-bond acceptors (Lipinski definition) is 4. The number of carbonyl (C=O) groups is 2. The highest BCUT2D eigenvalue weighted by Gasteiger charge is 2.11. The van der Waals surface area contributed by atoms with Crippen molar-refractivity contribution in [3.05, 3.63) is 29.3 Å². The number of hydrogen-bond donors (Lipinski definition) is 1. The van der Waals surface area contributed by atoms with Gasteiger partial charge in [-0.05, 0) is 32.0 Å². The lowest BCUT2D eigenvalue weighted by Gasteiger charge is -2.08. The molecule has 1 rings (SSSR count). The number of aromatic hydroxyl groups is 1. The summed E-state index contributed by atoms with van der Waals surface area (Å²) in [5.74, 6) is -0.654. The van der Waals surface area contributed by atoms with Gasteiger partial charge in [-0.25, -0.2) is 4.79 Å². The van der Waals surface area contributed by atoms with E-state index in [1.165, 1.54) is 18.2 Å². The third-order valence-corrected chi connectivity index (χ3v) is 1.73. The first kappa shape index (κ1) is 11.2. The van der Waals surface area contributed by atoms with E-state index >= 15 is 0 Å². The molecule has 15 heavy (non-hydrogen) atoms. The van der Waals surface area contributed by atoms with Crippen LogP contribution in [0, 0.1) is 0 Å². The highest BCUT2D eigenvalue weighted by molar-refractivity contribution is 5.92. The van der Waals surface area contributed by atoms with Crippen LogP contribution in [0.3, 0.4) is 0 Å². The van der Waals surface area contributed by atoms with Crippen LogP contribution in [0.4, 0.5) is 0 Å². The summed E-state index contributed by atoms with van der Waals surface area (Å²) in [5, 5.41) is 9.22. The number of ether oxygens (including phenoxy) is 1. The minimum Gasteiger partial charge on any atom is -0.507 e. The minimum atomic E-state index is -0.506. The molecular weight excluding hydrogens is 196 g/mol. The van der Waals surface area contributed by atoms with Crippen molar-refractivity contribution < 1.29 is 19.4 Å². The fourth-order valence-corrected chi connectivity index (χ4v) is 1.06. The van der Waals surface area contributed by atoms with Crippen LogP contribution in [-0.4, -0.2) is 23.5 Å². The molecule has 0 aliphatic carbocycles. The average molecular weight is 208 g/mol. The van der Waals surface area contributed by atoms with Crippen molar-refractivity contribution in [3.63, 3.8) is 0 Å². The molecule has 0 atom stereocenters. The Morgan fingerprint density at radius 3 is 2.67 bits per heavy atom. The van der Waals surface area contributed by atoms with Gasteiger partial charge in [0.25, 0.3) is 0 Å². The van der Waals surface area contributed by atoms with Crippen LogP contribution in [0.25, 0.3) is 0 Å². The largest absolute Gasteiger partial charge is 0.507 e. The summed E-state index contributed by atoms with van der Waals surface area (Å²) >= 11 is 0. The van der Waals surface area contributed by atoms with Gasteiger partial charge in [0.05, 0.1) is 17.2 Å². The molecule has 0 saturated heterocycles. The van der Waals surface area contributed by atoms with Crippen LogP contribution < -0.4 is 0 Å². The Morgan fingerprint density at radius 1 is 1.47 bits per heavy atom. The average Bonchev–Trinajstić information content (AvgIpc) is 2.17. The molecule has 0 aliphatic rings. The van der Waals surface area contributed by atoms with E-state index in [-0.39, 0.29) is 23.0 Å². The molecule has 0 radical (unpaired) electrons. The molecule has 0 fully saturated rings. The Balaban J connectivity index is 2.95. The van der Waals surface area contributed by atoms with Crippen molar-refractivity contribution in [2.75, 3.05) is 0 Å². The Morgan fingerprint density at radius 2 is 2.13 bits per heavy atom. The van der Waals surface area contributed by atoms with E-state index in [2.05, 4.69) is 0 Å². The highest BCUT2D eigenvalue weighted by Crippen LogP contribution is 2.17. The van der Waals surface area contributed by atoms with E-state index in [0.29, 0.717) is 6.29 Å². The summed E-state index contributed by atoms with van der Waals surface area (Å²) in [7, 11) is 0. The molecule has 0 saturated carbocycles. The lowest BCUT2D eigenvalue weighted by Crippen LogP contribution is -2.11. The van der Waals surface area contributed by atoms with Crippen LogP contribution >= 0.6 is 0 Å². The molecule has 1 aromatic carbocycles. The number of rotatable bonds is 3. The fraction of sp³-hybridized carbons (Fsp3) is 0.273. The Kier molecular flexibility index (Phi) is 3.44. The van der Waals surface area contributed by atoms with Crippen LogP contribution in [0.1, 0.15) is 34.6 Å². The lowest BCUT2D eigenvalue weighted by molar-refractivity contribution is 0.0378. The maximum atomic E-state index is 11.4. The van der Waals surface area contributed by atoms with Crippen molar-refractivity contribution in [3.8, 4) is 5.75 Å². The number of carbonyl (C=O) groups excluding carboxylic acids is 2. The van der Waals surface area contributed by atoms with E-state index < -0.39 is 5.97 Å². The number of esters is 1. The van der Waals surface area contributed by atoms with Crippen molar-refractivity contribution in [2.45, 2.75) is 20.0 Å². The van der Waals surface area contributed by atoms with Gasteiger partial charge in [0.1, 0.15) is 5.75 Å². The molecule has 0 heterocycles. The Labute approximate surface area is 87.5 Å². The number of benzene rings is 1. The quantitative estimate of drug-likeness (QED) is 0.607. The van der Waals surface area contributed by atoms with Gasteiger partial charge in [0.2, 0.25) is 0 Å². The minimum absolute atomic E-state index is 0.0770. The molecule has 1 aromatic rings. The first-order valence-corrected chi connectivity index (χ1v) is 4.53. The first-order chi connectivity index (χ1) is 7.04. The van der Waals surface area contributed by atoms with Gasteiger partial charge in [-0.1, -0.05) is 0 Å². The van der Waals surface area contributed by atoms with E-state index in [0.717, 1.165) is 0 Å².